The Kier molecular flexibility index (Phi) is 5.31. The van der Waals surface area contributed by atoms with E-state index in [9.17, 15) is 4.79 Å². The SMILES string of the molecule is Cc1ccc(CCNC(=O)C(N)CO)c(C)c1C. The minimum absolute atomic E-state index is 0.306. The molecule has 1 aromatic carbocycles. The van der Waals surface area contributed by atoms with Gasteiger partial charge in [0.1, 0.15) is 6.04 Å². The van der Waals surface area contributed by atoms with Crippen molar-refractivity contribution in [1.82, 2.24) is 5.32 Å². The van der Waals surface area contributed by atoms with Crippen molar-refractivity contribution in [3.05, 3.63) is 34.4 Å². The van der Waals surface area contributed by atoms with Gasteiger partial charge in [0.05, 0.1) is 6.61 Å². The summed E-state index contributed by atoms with van der Waals surface area (Å²) in [6.07, 6.45) is 0.775. The van der Waals surface area contributed by atoms with Gasteiger partial charge in [-0.05, 0) is 49.4 Å². The summed E-state index contributed by atoms with van der Waals surface area (Å²) in [6.45, 7) is 6.51. The minimum Gasteiger partial charge on any atom is -0.394 e. The van der Waals surface area contributed by atoms with Crippen molar-refractivity contribution in [3.8, 4) is 0 Å². The number of carbonyl (C=O) groups excluding carboxylic acids is 1. The molecule has 0 aliphatic carbocycles. The van der Waals surface area contributed by atoms with Crippen LogP contribution in [0.2, 0.25) is 0 Å². The van der Waals surface area contributed by atoms with Gasteiger partial charge in [-0.15, -0.1) is 0 Å². The standard InChI is InChI=1S/C14H22N2O2/c1-9-4-5-12(11(3)10(9)2)6-7-16-14(18)13(15)8-17/h4-5,13,17H,6-8,15H2,1-3H3,(H,16,18). The molecular weight excluding hydrogens is 228 g/mol. The average molecular weight is 250 g/mol. The van der Waals surface area contributed by atoms with Gasteiger partial charge < -0.3 is 16.2 Å². The molecule has 4 heteroatoms. The zero-order valence-corrected chi connectivity index (χ0v) is 11.3. The van der Waals surface area contributed by atoms with E-state index in [2.05, 4.69) is 38.2 Å². The quantitative estimate of drug-likeness (QED) is 0.716. The number of nitrogens with one attached hydrogen (secondary N) is 1. The van der Waals surface area contributed by atoms with Crippen LogP contribution in [-0.4, -0.2) is 30.2 Å². The highest BCUT2D eigenvalue weighted by Gasteiger charge is 2.11. The fourth-order valence-electron chi connectivity index (χ4n) is 1.82. The second kappa shape index (κ2) is 6.52. The van der Waals surface area contributed by atoms with Gasteiger partial charge in [-0.25, -0.2) is 0 Å². The number of rotatable bonds is 5. The van der Waals surface area contributed by atoms with Crippen molar-refractivity contribution >= 4 is 5.91 Å². The van der Waals surface area contributed by atoms with Gasteiger partial charge in [0.25, 0.3) is 0 Å². The van der Waals surface area contributed by atoms with E-state index in [1.165, 1.54) is 22.3 Å². The molecule has 0 spiro atoms. The number of hydrogen-bond donors (Lipinski definition) is 3. The van der Waals surface area contributed by atoms with E-state index in [4.69, 9.17) is 10.8 Å². The summed E-state index contributed by atoms with van der Waals surface area (Å²) in [5.74, 6) is -0.306. The van der Waals surface area contributed by atoms with Crippen LogP contribution < -0.4 is 11.1 Å². The summed E-state index contributed by atoms with van der Waals surface area (Å²) in [7, 11) is 0. The smallest absolute Gasteiger partial charge is 0.239 e. The molecule has 0 fully saturated rings. The van der Waals surface area contributed by atoms with Gasteiger partial charge in [-0.2, -0.15) is 0 Å². The predicted molar refractivity (Wildman–Crippen MR) is 72.4 cm³/mol. The van der Waals surface area contributed by atoms with Crippen LogP contribution in [0.3, 0.4) is 0 Å². The zero-order valence-electron chi connectivity index (χ0n) is 11.3. The van der Waals surface area contributed by atoms with E-state index in [0.29, 0.717) is 6.54 Å². The molecule has 0 saturated carbocycles. The maximum Gasteiger partial charge on any atom is 0.239 e. The van der Waals surface area contributed by atoms with Gasteiger partial charge in [-0.3, -0.25) is 4.79 Å². The van der Waals surface area contributed by atoms with Crippen LogP contribution in [0, 0.1) is 20.8 Å². The maximum absolute atomic E-state index is 11.4. The van der Waals surface area contributed by atoms with Crippen molar-refractivity contribution in [2.24, 2.45) is 5.73 Å². The van der Waals surface area contributed by atoms with Gasteiger partial charge in [0.2, 0.25) is 5.91 Å². The van der Waals surface area contributed by atoms with Crippen LogP contribution in [0.25, 0.3) is 0 Å². The third kappa shape index (κ3) is 3.55. The van der Waals surface area contributed by atoms with Crippen molar-refractivity contribution in [1.29, 1.82) is 0 Å². The second-order valence-corrected chi connectivity index (χ2v) is 4.62. The highest BCUT2D eigenvalue weighted by Crippen LogP contribution is 2.17. The molecule has 0 radical (unpaired) electrons. The van der Waals surface area contributed by atoms with Crippen molar-refractivity contribution in [2.75, 3.05) is 13.2 Å². The zero-order chi connectivity index (χ0) is 13.7. The highest BCUT2D eigenvalue weighted by atomic mass is 16.3. The van der Waals surface area contributed by atoms with Crippen molar-refractivity contribution < 1.29 is 9.90 Å². The van der Waals surface area contributed by atoms with Crippen LogP contribution >= 0.6 is 0 Å². The fourth-order valence-corrected chi connectivity index (χ4v) is 1.82. The molecule has 0 aliphatic heterocycles. The second-order valence-electron chi connectivity index (χ2n) is 4.62. The number of aryl methyl sites for hydroxylation is 1. The Bertz CT molecular complexity index is 430. The molecular formula is C14H22N2O2. The number of benzene rings is 1. The molecule has 0 bridgehead atoms. The maximum atomic E-state index is 11.4. The number of hydrogen-bond acceptors (Lipinski definition) is 3. The summed E-state index contributed by atoms with van der Waals surface area (Å²) < 4.78 is 0. The fraction of sp³-hybridized carbons (Fsp3) is 0.500. The average Bonchev–Trinajstić information content (AvgIpc) is 2.37. The summed E-state index contributed by atoms with van der Waals surface area (Å²) >= 11 is 0. The first-order valence-corrected chi connectivity index (χ1v) is 6.17. The molecule has 0 saturated heterocycles. The number of amides is 1. The molecule has 1 atom stereocenters. The molecule has 100 valence electrons. The van der Waals surface area contributed by atoms with E-state index >= 15 is 0 Å². The van der Waals surface area contributed by atoms with E-state index in [-0.39, 0.29) is 12.5 Å². The number of aliphatic hydroxyl groups excluding tert-OH is 1. The molecule has 4 N–H and O–H groups in total. The Morgan fingerprint density at radius 3 is 2.61 bits per heavy atom. The lowest BCUT2D eigenvalue weighted by molar-refractivity contribution is -0.123. The van der Waals surface area contributed by atoms with Crippen molar-refractivity contribution in [2.45, 2.75) is 33.2 Å². The number of nitrogens with two attached hydrogens (primary N) is 1. The third-order valence-electron chi connectivity index (χ3n) is 3.40. The predicted octanol–water partition coefficient (Wildman–Crippen LogP) is 0.590. The molecule has 1 rings (SSSR count). The Hall–Kier alpha value is -1.39. The largest absolute Gasteiger partial charge is 0.394 e. The summed E-state index contributed by atoms with van der Waals surface area (Å²) in [4.78, 5) is 11.4. The van der Waals surface area contributed by atoms with E-state index in [1.807, 2.05) is 0 Å². The highest BCUT2D eigenvalue weighted by molar-refractivity contribution is 5.81. The molecule has 4 nitrogen and oxygen atoms in total. The first-order valence-electron chi connectivity index (χ1n) is 6.17. The van der Waals surface area contributed by atoms with Gasteiger partial charge in [0.15, 0.2) is 0 Å². The van der Waals surface area contributed by atoms with Crippen LogP contribution in [0.15, 0.2) is 12.1 Å². The van der Waals surface area contributed by atoms with E-state index in [0.717, 1.165) is 6.42 Å². The number of carbonyl (C=O) groups is 1. The molecule has 18 heavy (non-hydrogen) atoms. The lowest BCUT2D eigenvalue weighted by Gasteiger charge is -2.13. The Labute approximate surface area is 108 Å². The molecule has 0 heterocycles. The Balaban J connectivity index is 2.55. The van der Waals surface area contributed by atoms with Crippen LogP contribution in [0.5, 0.6) is 0 Å². The third-order valence-corrected chi connectivity index (χ3v) is 3.40. The summed E-state index contributed by atoms with van der Waals surface area (Å²) in [5.41, 5.74) is 10.5. The van der Waals surface area contributed by atoms with Crippen molar-refractivity contribution in [3.63, 3.8) is 0 Å². The first kappa shape index (κ1) is 14.7. The normalized spacial score (nSPS) is 12.3. The summed E-state index contributed by atoms with van der Waals surface area (Å²) in [6, 6.07) is 3.36. The van der Waals surface area contributed by atoms with Gasteiger partial charge in [0, 0.05) is 6.54 Å². The first-order chi connectivity index (χ1) is 8.47. The molecule has 1 unspecified atom stereocenters. The molecule has 1 amide bonds. The van der Waals surface area contributed by atoms with E-state index < -0.39 is 6.04 Å². The topological polar surface area (TPSA) is 75.4 Å². The monoisotopic (exact) mass is 250 g/mol. The minimum atomic E-state index is -0.828. The van der Waals surface area contributed by atoms with Crippen LogP contribution in [0.4, 0.5) is 0 Å². The molecule has 0 aromatic heterocycles. The summed E-state index contributed by atoms with van der Waals surface area (Å²) in [5, 5.41) is 11.5. The molecule has 1 aromatic rings. The Morgan fingerprint density at radius 2 is 2.00 bits per heavy atom. The lowest BCUT2D eigenvalue weighted by atomic mass is 9.97. The number of aliphatic hydroxyl groups is 1. The lowest BCUT2D eigenvalue weighted by Crippen LogP contribution is -2.43. The van der Waals surface area contributed by atoms with Crippen LogP contribution in [-0.2, 0) is 11.2 Å². The Morgan fingerprint density at radius 1 is 1.33 bits per heavy atom. The van der Waals surface area contributed by atoms with Crippen LogP contribution in [0.1, 0.15) is 22.3 Å². The molecule has 0 aliphatic rings. The van der Waals surface area contributed by atoms with E-state index in [1.54, 1.807) is 0 Å². The van der Waals surface area contributed by atoms with Gasteiger partial charge in [-0.1, -0.05) is 12.1 Å². The van der Waals surface area contributed by atoms with Gasteiger partial charge >= 0.3 is 0 Å².